The van der Waals surface area contributed by atoms with Gasteiger partial charge in [0.1, 0.15) is 5.78 Å². The average molecular weight is 307 g/mol. The van der Waals surface area contributed by atoms with E-state index in [2.05, 4.69) is 48.5 Å². The highest BCUT2D eigenvalue weighted by Crippen LogP contribution is 2.71. The van der Waals surface area contributed by atoms with Gasteiger partial charge in [-0.15, -0.1) is 0 Å². The number of amides is 1. The van der Waals surface area contributed by atoms with Crippen molar-refractivity contribution in [3.63, 3.8) is 0 Å². The fraction of sp³-hybridized carbons (Fsp3) is 0.895. The Bertz CT molecular complexity index is 470. The molecule has 22 heavy (non-hydrogen) atoms. The summed E-state index contributed by atoms with van der Waals surface area (Å²) in [5, 5.41) is 0. The van der Waals surface area contributed by atoms with Gasteiger partial charge in [-0.2, -0.15) is 0 Å². The summed E-state index contributed by atoms with van der Waals surface area (Å²) in [4.78, 5) is 28.1. The van der Waals surface area contributed by atoms with Crippen molar-refractivity contribution < 1.29 is 9.59 Å². The molecule has 2 aliphatic rings. The van der Waals surface area contributed by atoms with Crippen molar-refractivity contribution in [2.45, 2.75) is 67.7 Å². The Balaban J connectivity index is 2.36. The highest BCUT2D eigenvalue weighted by molar-refractivity contribution is 5.99. The SMILES string of the molecule is CC(C)CN(CC(C)C)C(=O)[C@]12CC[C@@](C)(C(=O)C1)C2(C)C. The Morgan fingerprint density at radius 3 is 1.86 bits per heavy atom. The van der Waals surface area contributed by atoms with Crippen molar-refractivity contribution in [1.29, 1.82) is 0 Å². The number of nitrogens with zero attached hydrogens (tertiary/aromatic N) is 1. The lowest BCUT2D eigenvalue weighted by molar-refractivity contribution is -0.149. The standard InChI is InChI=1S/C19H33NO2/c1-13(2)11-20(12-14(3)4)16(22)19-9-8-18(7,15(21)10-19)17(19,5)6/h13-14H,8-12H2,1-7H3/t18-,19-/m0/s1. The van der Waals surface area contributed by atoms with Crippen LogP contribution in [0.25, 0.3) is 0 Å². The molecule has 3 heteroatoms. The minimum atomic E-state index is -0.470. The van der Waals surface area contributed by atoms with Crippen LogP contribution in [0.5, 0.6) is 0 Å². The first-order valence-electron chi connectivity index (χ1n) is 8.80. The molecule has 126 valence electrons. The zero-order chi connectivity index (χ0) is 16.9. The topological polar surface area (TPSA) is 37.4 Å². The Kier molecular flexibility index (Phi) is 4.25. The van der Waals surface area contributed by atoms with Crippen LogP contribution in [0.1, 0.15) is 67.7 Å². The molecule has 1 amide bonds. The normalized spacial score (nSPS) is 33.0. The molecule has 0 aliphatic heterocycles. The minimum Gasteiger partial charge on any atom is -0.342 e. The van der Waals surface area contributed by atoms with E-state index in [1.54, 1.807) is 0 Å². The smallest absolute Gasteiger partial charge is 0.229 e. The number of carbonyl (C=O) groups is 2. The van der Waals surface area contributed by atoms with E-state index in [1.165, 1.54) is 0 Å². The van der Waals surface area contributed by atoms with Gasteiger partial charge in [-0.1, -0.05) is 48.5 Å². The second-order valence-corrected chi connectivity index (χ2v) is 9.14. The molecule has 0 radical (unpaired) electrons. The summed E-state index contributed by atoms with van der Waals surface area (Å²) >= 11 is 0. The maximum Gasteiger partial charge on any atom is 0.229 e. The van der Waals surface area contributed by atoms with Crippen LogP contribution >= 0.6 is 0 Å². The van der Waals surface area contributed by atoms with Crippen molar-refractivity contribution in [2.75, 3.05) is 13.1 Å². The van der Waals surface area contributed by atoms with Gasteiger partial charge in [0.05, 0.1) is 5.41 Å². The molecule has 2 aliphatic carbocycles. The van der Waals surface area contributed by atoms with Gasteiger partial charge in [-0.05, 0) is 30.1 Å². The largest absolute Gasteiger partial charge is 0.342 e. The van der Waals surface area contributed by atoms with Crippen molar-refractivity contribution in [1.82, 2.24) is 4.90 Å². The van der Waals surface area contributed by atoms with Crippen LogP contribution in [0.2, 0.25) is 0 Å². The predicted octanol–water partition coefficient (Wildman–Crippen LogP) is 3.91. The summed E-state index contributed by atoms with van der Waals surface area (Å²) in [6.07, 6.45) is 2.18. The van der Waals surface area contributed by atoms with Gasteiger partial charge >= 0.3 is 0 Å². The Morgan fingerprint density at radius 2 is 1.55 bits per heavy atom. The molecule has 2 atom stereocenters. The van der Waals surface area contributed by atoms with Gasteiger partial charge in [0.2, 0.25) is 5.91 Å². The maximum atomic E-state index is 13.5. The van der Waals surface area contributed by atoms with Crippen LogP contribution in [0.4, 0.5) is 0 Å². The Hall–Kier alpha value is -0.860. The van der Waals surface area contributed by atoms with Gasteiger partial charge < -0.3 is 4.90 Å². The predicted molar refractivity (Wildman–Crippen MR) is 89.4 cm³/mol. The summed E-state index contributed by atoms with van der Waals surface area (Å²) in [5.41, 5.74) is -1.02. The van der Waals surface area contributed by atoms with E-state index < -0.39 is 5.41 Å². The molecule has 0 N–H and O–H groups in total. The van der Waals surface area contributed by atoms with E-state index in [-0.39, 0.29) is 16.7 Å². The second kappa shape index (κ2) is 5.35. The average Bonchev–Trinajstić information content (AvgIpc) is 2.66. The lowest BCUT2D eigenvalue weighted by Gasteiger charge is -2.42. The summed E-state index contributed by atoms with van der Waals surface area (Å²) in [5.74, 6) is 1.43. The van der Waals surface area contributed by atoms with Crippen molar-refractivity contribution >= 4 is 11.7 Å². The number of hydrogen-bond donors (Lipinski definition) is 0. The number of fused-ring (bicyclic) bond motifs is 2. The third kappa shape index (κ3) is 2.23. The molecule has 2 fully saturated rings. The molecule has 0 unspecified atom stereocenters. The Morgan fingerprint density at radius 1 is 1.05 bits per heavy atom. The molecule has 2 saturated carbocycles. The van der Waals surface area contributed by atoms with Crippen LogP contribution in [-0.2, 0) is 9.59 Å². The maximum absolute atomic E-state index is 13.5. The number of carbonyl (C=O) groups excluding carboxylic acids is 2. The first kappa shape index (κ1) is 17.5. The summed E-state index contributed by atoms with van der Waals surface area (Å²) in [6, 6.07) is 0. The molecular weight excluding hydrogens is 274 g/mol. The summed E-state index contributed by atoms with van der Waals surface area (Å²) in [7, 11) is 0. The molecule has 0 aromatic heterocycles. The fourth-order valence-corrected chi connectivity index (χ4v) is 4.76. The molecule has 0 aromatic rings. The van der Waals surface area contributed by atoms with Gasteiger partial charge in [0, 0.05) is 24.9 Å². The van der Waals surface area contributed by atoms with E-state index in [0.717, 1.165) is 25.9 Å². The van der Waals surface area contributed by atoms with Crippen molar-refractivity contribution in [3.05, 3.63) is 0 Å². The molecule has 2 rings (SSSR count). The molecule has 3 nitrogen and oxygen atoms in total. The van der Waals surface area contributed by atoms with E-state index in [9.17, 15) is 9.59 Å². The molecule has 0 heterocycles. The van der Waals surface area contributed by atoms with Crippen LogP contribution in [0.15, 0.2) is 0 Å². The molecule has 0 spiro atoms. The van der Waals surface area contributed by atoms with Gasteiger partial charge in [0.25, 0.3) is 0 Å². The second-order valence-electron chi connectivity index (χ2n) is 9.14. The first-order chi connectivity index (χ1) is 9.98. The minimum absolute atomic E-state index is 0.231. The van der Waals surface area contributed by atoms with Crippen LogP contribution in [0.3, 0.4) is 0 Å². The molecular formula is C19H33NO2. The highest BCUT2D eigenvalue weighted by atomic mass is 16.2. The van der Waals surface area contributed by atoms with Crippen LogP contribution in [0, 0.1) is 28.1 Å². The van der Waals surface area contributed by atoms with Crippen molar-refractivity contribution in [3.8, 4) is 0 Å². The van der Waals surface area contributed by atoms with E-state index in [1.807, 2.05) is 4.90 Å². The van der Waals surface area contributed by atoms with Crippen LogP contribution in [-0.4, -0.2) is 29.7 Å². The quantitative estimate of drug-likeness (QED) is 0.772. The highest BCUT2D eigenvalue weighted by Gasteiger charge is 2.72. The lowest BCUT2D eigenvalue weighted by Crippen LogP contribution is -2.50. The van der Waals surface area contributed by atoms with Gasteiger partial charge in [-0.25, -0.2) is 0 Å². The zero-order valence-electron chi connectivity index (χ0n) is 15.5. The third-order valence-electron chi connectivity index (χ3n) is 6.57. The van der Waals surface area contributed by atoms with E-state index >= 15 is 0 Å². The number of Topliss-reactive ketones (excluding diaryl/α,β-unsaturated/α-hetero) is 1. The van der Waals surface area contributed by atoms with E-state index in [4.69, 9.17) is 0 Å². The van der Waals surface area contributed by atoms with Crippen molar-refractivity contribution in [2.24, 2.45) is 28.1 Å². The number of rotatable bonds is 5. The molecule has 0 saturated heterocycles. The fourth-order valence-electron chi connectivity index (χ4n) is 4.76. The monoisotopic (exact) mass is 307 g/mol. The zero-order valence-corrected chi connectivity index (χ0v) is 15.5. The van der Waals surface area contributed by atoms with Crippen LogP contribution < -0.4 is 0 Å². The van der Waals surface area contributed by atoms with Gasteiger partial charge in [-0.3, -0.25) is 9.59 Å². The Labute approximate surface area is 135 Å². The summed E-state index contributed by atoms with van der Waals surface area (Å²) in [6.45, 7) is 16.6. The molecule has 0 aromatic carbocycles. The number of hydrogen-bond acceptors (Lipinski definition) is 2. The number of ketones is 1. The third-order valence-corrected chi connectivity index (χ3v) is 6.57. The van der Waals surface area contributed by atoms with Gasteiger partial charge in [0.15, 0.2) is 0 Å². The summed E-state index contributed by atoms with van der Waals surface area (Å²) < 4.78 is 0. The first-order valence-corrected chi connectivity index (χ1v) is 8.80. The molecule has 2 bridgehead atoms. The van der Waals surface area contributed by atoms with E-state index in [0.29, 0.717) is 24.0 Å². The lowest BCUT2D eigenvalue weighted by atomic mass is 9.64.